The fourth-order valence-corrected chi connectivity index (χ4v) is 2.89. The van der Waals surface area contributed by atoms with E-state index in [0.717, 1.165) is 42.4 Å². The summed E-state index contributed by atoms with van der Waals surface area (Å²) in [6, 6.07) is 6.95. The molecule has 1 saturated heterocycles. The number of benzene rings is 1. The number of halogens is 1. The third kappa shape index (κ3) is 2.88. The van der Waals surface area contributed by atoms with Gasteiger partial charge in [0.15, 0.2) is 0 Å². The van der Waals surface area contributed by atoms with Gasteiger partial charge in [-0.05, 0) is 30.7 Å². The second-order valence-corrected chi connectivity index (χ2v) is 5.51. The molecule has 0 N–H and O–H groups in total. The number of rotatable bonds is 4. The maximum Gasteiger partial charge on any atom is 0.133 e. The predicted octanol–water partition coefficient (Wildman–Crippen LogP) is 2.08. The first-order valence-corrected chi connectivity index (χ1v) is 7.11. The van der Waals surface area contributed by atoms with E-state index in [9.17, 15) is 9.18 Å². The molecule has 110 valence electrons. The number of carbonyl (C=O) groups excluding carboxylic acids is 1. The summed E-state index contributed by atoms with van der Waals surface area (Å²) in [6.45, 7) is 2.30. The van der Waals surface area contributed by atoms with Crippen molar-refractivity contribution in [1.82, 2.24) is 9.88 Å². The highest BCUT2D eigenvalue weighted by Crippen LogP contribution is 2.24. The van der Waals surface area contributed by atoms with Gasteiger partial charge in [-0.25, -0.2) is 4.39 Å². The van der Waals surface area contributed by atoms with Crippen molar-refractivity contribution in [2.24, 2.45) is 0 Å². The average Bonchev–Trinajstić information content (AvgIpc) is 2.94. The molecule has 2 heterocycles. The number of aromatic nitrogens is 1. The summed E-state index contributed by atoms with van der Waals surface area (Å²) in [7, 11) is 2.03. The van der Waals surface area contributed by atoms with Crippen molar-refractivity contribution >= 4 is 22.9 Å². The quantitative estimate of drug-likeness (QED) is 0.807. The molecule has 1 atom stereocenters. The number of anilines is 1. The van der Waals surface area contributed by atoms with Gasteiger partial charge in [0.25, 0.3) is 0 Å². The van der Waals surface area contributed by atoms with Crippen molar-refractivity contribution in [3.05, 3.63) is 36.3 Å². The van der Waals surface area contributed by atoms with E-state index < -0.39 is 0 Å². The molecule has 4 nitrogen and oxygen atoms in total. The van der Waals surface area contributed by atoms with Crippen LogP contribution < -0.4 is 4.90 Å². The maximum atomic E-state index is 13.3. The summed E-state index contributed by atoms with van der Waals surface area (Å²) < 4.78 is 13.3. The van der Waals surface area contributed by atoms with E-state index in [4.69, 9.17) is 0 Å². The molecule has 0 amide bonds. The molecule has 1 fully saturated rings. The fourth-order valence-electron chi connectivity index (χ4n) is 2.89. The van der Waals surface area contributed by atoms with Gasteiger partial charge < -0.3 is 9.69 Å². The third-order valence-electron chi connectivity index (χ3n) is 4.16. The Morgan fingerprint density at radius 1 is 1.48 bits per heavy atom. The van der Waals surface area contributed by atoms with Crippen molar-refractivity contribution in [2.75, 3.05) is 31.6 Å². The SMILES string of the molecule is CN(c1cnc2ccc(F)cc2c1)[C@H]1CCN(CC=O)C1. The lowest BCUT2D eigenvalue weighted by atomic mass is 10.1. The lowest BCUT2D eigenvalue weighted by Gasteiger charge is -2.26. The van der Waals surface area contributed by atoms with Gasteiger partial charge in [0.1, 0.15) is 12.1 Å². The van der Waals surface area contributed by atoms with Crippen LogP contribution in [0, 0.1) is 5.82 Å². The van der Waals surface area contributed by atoms with Crippen LogP contribution in [0.2, 0.25) is 0 Å². The summed E-state index contributed by atoms with van der Waals surface area (Å²) in [4.78, 5) is 19.3. The number of fused-ring (bicyclic) bond motifs is 1. The van der Waals surface area contributed by atoms with Crippen LogP contribution in [0.1, 0.15) is 6.42 Å². The van der Waals surface area contributed by atoms with E-state index in [-0.39, 0.29) is 5.82 Å². The Kier molecular flexibility index (Phi) is 3.84. The smallest absolute Gasteiger partial charge is 0.133 e. The minimum Gasteiger partial charge on any atom is -0.369 e. The Labute approximate surface area is 123 Å². The molecule has 1 aromatic heterocycles. The maximum absolute atomic E-state index is 13.3. The molecule has 1 aliphatic rings. The minimum atomic E-state index is -0.248. The number of likely N-dealkylation sites (tertiary alicyclic amines) is 1. The van der Waals surface area contributed by atoms with Crippen molar-refractivity contribution in [3.63, 3.8) is 0 Å². The average molecular weight is 287 g/mol. The zero-order valence-electron chi connectivity index (χ0n) is 12.0. The van der Waals surface area contributed by atoms with Gasteiger partial charge >= 0.3 is 0 Å². The van der Waals surface area contributed by atoms with Crippen LogP contribution in [0.25, 0.3) is 10.9 Å². The van der Waals surface area contributed by atoms with Crippen LogP contribution in [0.4, 0.5) is 10.1 Å². The van der Waals surface area contributed by atoms with E-state index in [0.29, 0.717) is 12.6 Å². The number of carbonyl (C=O) groups is 1. The van der Waals surface area contributed by atoms with Crippen LogP contribution >= 0.6 is 0 Å². The highest BCUT2D eigenvalue weighted by molar-refractivity contribution is 5.81. The Morgan fingerprint density at radius 2 is 2.33 bits per heavy atom. The van der Waals surface area contributed by atoms with Crippen molar-refractivity contribution < 1.29 is 9.18 Å². The second kappa shape index (κ2) is 5.77. The zero-order valence-corrected chi connectivity index (χ0v) is 12.0. The van der Waals surface area contributed by atoms with Gasteiger partial charge in [0.2, 0.25) is 0 Å². The topological polar surface area (TPSA) is 36.4 Å². The molecule has 2 aromatic rings. The van der Waals surface area contributed by atoms with Crippen molar-refractivity contribution in [1.29, 1.82) is 0 Å². The molecule has 21 heavy (non-hydrogen) atoms. The summed E-state index contributed by atoms with van der Waals surface area (Å²) in [5.74, 6) is -0.248. The summed E-state index contributed by atoms with van der Waals surface area (Å²) in [6.07, 6.45) is 3.79. The van der Waals surface area contributed by atoms with Gasteiger partial charge in [-0.1, -0.05) is 0 Å². The van der Waals surface area contributed by atoms with Crippen LogP contribution in [-0.2, 0) is 4.79 Å². The molecule has 0 saturated carbocycles. The molecule has 0 radical (unpaired) electrons. The lowest BCUT2D eigenvalue weighted by Crippen LogP contribution is -2.35. The molecule has 3 rings (SSSR count). The van der Waals surface area contributed by atoms with E-state index in [2.05, 4.69) is 14.8 Å². The summed E-state index contributed by atoms with van der Waals surface area (Å²) in [5, 5.41) is 0.807. The van der Waals surface area contributed by atoms with Gasteiger partial charge in [0.05, 0.1) is 23.9 Å². The number of aldehydes is 1. The zero-order chi connectivity index (χ0) is 14.8. The molecule has 1 aromatic carbocycles. The highest BCUT2D eigenvalue weighted by atomic mass is 19.1. The number of likely N-dealkylation sites (N-methyl/N-ethyl adjacent to an activating group) is 1. The Hall–Kier alpha value is -2.01. The summed E-state index contributed by atoms with van der Waals surface area (Å²) >= 11 is 0. The molecular formula is C16H18FN3O. The van der Waals surface area contributed by atoms with Crippen molar-refractivity contribution in [3.8, 4) is 0 Å². The van der Waals surface area contributed by atoms with Gasteiger partial charge in [-0.3, -0.25) is 9.88 Å². The van der Waals surface area contributed by atoms with Gasteiger partial charge in [-0.2, -0.15) is 0 Å². The normalized spacial score (nSPS) is 19.0. The minimum absolute atomic E-state index is 0.248. The fraction of sp³-hybridized carbons (Fsp3) is 0.375. The van der Waals surface area contributed by atoms with Gasteiger partial charge in [-0.15, -0.1) is 0 Å². The lowest BCUT2D eigenvalue weighted by molar-refractivity contribution is -0.108. The Morgan fingerprint density at radius 3 is 3.14 bits per heavy atom. The first kappa shape index (κ1) is 13.9. The van der Waals surface area contributed by atoms with E-state index >= 15 is 0 Å². The number of pyridine rings is 1. The number of hydrogen-bond donors (Lipinski definition) is 0. The van der Waals surface area contributed by atoms with Crippen LogP contribution in [0.3, 0.4) is 0 Å². The van der Waals surface area contributed by atoms with Crippen LogP contribution in [-0.4, -0.2) is 48.9 Å². The van der Waals surface area contributed by atoms with Gasteiger partial charge in [0, 0.05) is 31.6 Å². The molecule has 0 aliphatic carbocycles. The largest absolute Gasteiger partial charge is 0.369 e. The molecular weight excluding hydrogens is 269 g/mol. The Bertz CT molecular complexity index is 661. The Balaban J connectivity index is 1.81. The molecule has 1 aliphatic heterocycles. The first-order valence-electron chi connectivity index (χ1n) is 7.11. The number of hydrogen-bond acceptors (Lipinski definition) is 4. The molecule has 0 unspecified atom stereocenters. The highest BCUT2D eigenvalue weighted by Gasteiger charge is 2.25. The summed E-state index contributed by atoms with van der Waals surface area (Å²) in [5.41, 5.74) is 1.77. The molecule has 0 spiro atoms. The monoisotopic (exact) mass is 287 g/mol. The van der Waals surface area contributed by atoms with E-state index in [1.165, 1.54) is 12.1 Å². The van der Waals surface area contributed by atoms with Crippen LogP contribution in [0.15, 0.2) is 30.5 Å². The molecule has 5 heteroatoms. The van der Waals surface area contributed by atoms with E-state index in [1.54, 1.807) is 6.07 Å². The predicted molar refractivity (Wildman–Crippen MR) is 81.0 cm³/mol. The van der Waals surface area contributed by atoms with Crippen molar-refractivity contribution in [2.45, 2.75) is 12.5 Å². The second-order valence-electron chi connectivity index (χ2n) is 5.51. The number of nitrogens with zero attached hydrogens (tertiary/aromatic N) is 3. The van der Waals surface area contributed by atoms with E-state index in [1.807, 2.05) is 19.3 Å². The first-order chi connectivity index (χ1) is 10.2. The van der Waals surface area contributed by atoms with Crippen LogP contribution in [0.5, 0.6) is 0 Å². The third-order valence-corrected chi connectivity index (χ3v) is 4.16. The standard InChI is InChI=1S/C16H18FN3O/c1-19(14-4-5-20(11-14)6-7-21)15-9-12-8-13(17)2-3-16(12)18-10-15/h2-3,7-10,14H,4-6,11H2,1H3/t14-/m0/s1. The molecule has 0 bridgehead atoms.